The van der Waals surface area contributed by atoms with Crippen LogP contribution in [0.25, 0.3) is 0 Å². The van der Waals surface area contributed by atoms with Crippen molar-refractivity contribution in [3.05, 3.63) is 42.0 Å². The van der Waals surface area contributed by atoms with Gasteiger partial charge in [0.05, 0.1) is 22.3 Å². The first kappa shape index (κ1) is 24.4. The van der Waals surface area contributed by atoms with E-state index in [1.54, 1.807) is 0 Å². The number of hydrogen-bond acceptors (Lipinski definition) is 5. The van der Waals surface area contributed by atoms with Crippen LogP contribution in [-0.2, 0) is 30.6 Å². The number of hydrogen-bond donors (Lipinski definition) is 0. The summed E-state index contributed by atoms with van der Waals surface area (Å²) in [5.74, 6) is -2.05. The molecule has 1 aromatic rings. The summed E-state index contributed by atoms with van der Waals surface area (Å²) in [6, 6.07) is 2.26. The van der Waals surface area contributed by atoms with Crippen molar-refractivity contribution in [2.45, 2.75) is 36.9 Å². The van der Waals surface area contributed by atoms with E-state index in [1.165, 1.54) is 11.8 Å². The molecule has 1 aliphatic carbocycles. The molecule has 8 nitrogen and oxygen atoms in total. The zero-order chi connectivity index (χ0) is 24.8. The summed E-state index contributed by atoms with van der Waals surface area (Å²) in [5, 5.41) is 0. The highest BCUT2D eigenvalue weighted by Gasteiger charge is 2.50. The Kier molecular flexibility index (Phi) is 6.32. The second kappa shape index (κ2) is 8.81. The molecule has 0 N–H and O–H groups in total. The number of imide groups is 1. The molecule has 0 aromatic heterocycles. The minimum absolute atomic E-state index is 0.0354. The summed E-state index contributed by atoms with van der Waals surface area (Å²) in [6.45, 7) is 1.45. The third-order valence-electron chi connectivity index (χ3n) is 6.66. The molecule has 12 heteroatoms. The van der Waals surface area contributed by atoms with Gasteiger partial charge < -0.3 is 4.90 Å². The van der Waals surface area contributed by atoms with Crippen LogP contribution in [0, 0.1) is 11.8 Å². The number of carbonyl (C=O) groups is 3. The second-order valence-electron chi connectivity index (χ2n) is 8.63. The predicted octanol–water partition coefficient (Wildman–Crippen LogP) is 1.88. The standard InChI is InChI=1S/C22H24F3N3O5S/c1-14(28-20(30)17-4-2-3-5-18(17)21(28)31)19(29)26-10-12-27(13-11-26)34(32,33)16-8-6-15(7-9-16)22(23,24)25/h2-3,6-9,14,17-18H,4-5,10-13H2,1H3/t14-,17?,18?/m0/s1. The number of alkyl halides is 3. The van der Waals surface area contributed by atoms with E-state index in [-0.39, 0.29) is 42.9 Å². The van der Waals surface area contributed by atoms with E-state index in [0.29, 0.717) is 25.0 Å². The van der Waals surface area contributed by atoms with E-state index in [4.69, 9.17) is 0 Å². The summed E-state index contributed by atoms with van der Waals surface area (Å²) >= 11 is 0. The number of carbonyl (C=O) groups excluding carboxylic acids is 3. The lowest BCUT2D eigenvalue weighted by Gasteiger charge is -2.36. The first-order valence-corrected chi connectivity index (χ1v) is 12.3. The highest BCUT2D eigenvalue weighted by Crippen LogP contribution is 2.36. The van der Waals surface area contributed by atoms with Gasteiger partial charge in [0, 0.05) is 26.2 Å². The summed E-state index contributed by atoms with van der Waals surface area (Å²) in [6.07, 6.45) is 0.0783. The molecule has 34 heavy (non-hydrogen) atoms. The van der Waals surface area contributed by atoms with Crippen LogP contribution < -0.4 is 0 Å². The van der Waals surface area contributed by atoms with E-state index in [2.05, 4.69) is 0 Å². The predicted molar refractivity (Wildman–Crippen MR) is 113 cm³/mol. The van der Waals surface area contributed by atoms with Crippen LogP contribution in [-0.4, -0.2) is 72.5 Å². The Morgan fingerprint density at radius 2 is 1.44 bits per heavy atom. The molecule has 3 aliphatic rings. The largest absolute Gasteiger partial charge is 0.416 e. The van der Waals surface area contributed by atoms with Crippen molar-refractivity contribution in [2.75, 3.05) is 26.2 Å². The quantitative estimate of drug-likeness (QED) is 0.466. The van der Waals surface area contributed by atoms with Gasteiger partial charge in [0.1, 0.15) is 6.04 Å². The Balaban J connectivity index is 1.40. The van der Waals surface area contributed by atoms with E-state index in [0.717, 1.165) is 21.3 Å². The average Bonchev–Trinajstić information content (AvgIpc) is 3.08. The SMILES string of the molecule is C[C@@H](C(=O)N1CCN(S(=O)(=O)c2ccc(C(F)(F)F)cc2)CC1)N1C(=O)C2CC=CCC2C1=O. The van der Waals surface area contributed by atoms with Crippen molar-refractivity contribution in [1.29, 1.82) is 0 Å². The zero-order valence-corrected chi connectivity index (χ0v) is 19.2. The number of nitrogens with zero attached hydrogens (tertiary/aromatic N) is 3. The maximum atomic E-state index is 13.0. The molecule has 0 saturated carbocycles. The van der Waals surface area contributed by atoms with Gasteiger partial charge >= 0.3 is 6.18 Å². The third-order valence-corrected chi connectivity index (χ3v) is 8.57. The lowest BCUT2D eigenvalue weighted by molar-refractivity contribution is -0.151. The molecule has 0 radical (unpaired) electrons. The first-order chi connectivity index (χ1) is 15.9. The molecule has 2 aliphatic heterocycles. The van der Waals surface area contributed by atoms with Gasteiger partial charge in [0.2, 0.25) is 27.7 Å². The molecule has 2 saturated heterocycles. The minimum atomic E-state index is -4.57. The van der Waals surface area contributed by atoms with Gasteiger partial charge in [-0.3, -0.25) is 19.3 Å². The summed E-state index contributed by atoms with van der Waals surface area (Å²) in [5.41, 5.74) is -0.947. The number of sulfonamides is 1. The minimum Gasteiger partial charge on any atom is -0.338 e. The number of benzene rings is 1. The second-order valence-corrected chi connectivity index (χ2v) is 10.6. The van der Waals surface area contributed by atoms with Crippen molar-refractivity contribution < 1.29 is 36.0 Å². The number of fused-ring (bicyclic) bond motifs is 1. The Bertz CT molecular complexity index is 1100. The van der Waals surface area contributed by atoms with Gasteiger partial charge in [0.15, 0.2) is 0 Å². The highest BCUT2D eigenvalue weighted by molar-refractivity contribution is 7.89. The van der Waals surface area contributed by atoms with Crippen LogP contribution in [0.5, 0.6) is 0 Å². The van der Waals surface area contributed by atoms with Crippen molar-refractivity contribution in [1.82, 2.24) is 14.1 Å². The van der Waals surface area contributed by atoms with Gasteiger partial charge in [-0.2, -0.15) is 17.5 Å². The van der Waals surface area contributed by atoms with Crippen LogP contribution in [0.1, 0.15) is 25.3 Å². The molecular formula is C22H24F3N3O5S. The van der Waals surface area contributed by atoms with Crippen molar-refractivity contribution >= 4 is 27.7 Å². The maximum absolute atomic E-state index is 13.0. The molecule has 184 valence electrons. The molecule has 2 heterocycles. The van der Waals surface area contributed by atoms with Crippen molar-refractivity contribution in [3.8, 4) is 0 Å². The van der Waals surface area contributed by atoms with Crippen LogP contribution in [0.15, 0.2) is 41.3 Å². The van der Waals surface area contributed by atoms with Crippen LogP contribution in [0.2, 0.25) is 0 Å². The Labute approximate surface area is 195 Å². The summed E-state index contributed by atoms with van der Waals surface area (Å²) in [4.78, 5) is 40.7. The molecule has 3 amide bonds. The Morgan fingerprint density at radius 1 is 0.941 bits per heavy atom. The van der Waals surface area contributed by atoms with Gasteiger partial charge in [-0.15, -0.1) is 0 Å². The molecule has 0 spiro atoms. The monoisotopic (exact) mass is 499 g/mol. The maximum Gasteiger partial charge on any atom is 0.416 e. The van der Waals surface area contributed by atoms with Gasteiger partial charge in [-0.05, 0) is 44.0 Å². The fourth-order valence-corrected chi connectivity index (χ4v) is 6.12. The molecule has 4 rings (SSSR count). The number of piperazine rings is 1. The summed E-state index contributed by atoms with van der Waals surface area (Å²) in [7, 11) is -4.04. The molecule has 0 bridgehead atoms. The fraction of sp³-hybridized carbons (Fsp3) is 0.500. The molecule has 2 fully saturated rings. The Morgan fingerprint density at radius 3 is 1.91 bits per heavy atom. The number of likely N-dealkylation sites (tertiary alicyclic amines) is 1. The zero-order valence-electron chi connectivity index (χ0n) is 18.4. The van der Waals surface area contributed by atoms with Crippen molar-refractivity contribution in [3.63, 3.8) is 0 Å². The van der Waals surface area contributed by atoms with Crippen molar-refractivity contribution in [2.24, 2.45) is 11.8 Å². The van der Waals surface area contributed by atoms with E-state index >= 15 is 0 Å². The highest BCUT2D eigenvalue weighted by atomic mass is 32.2. The van der Waals surface area contributed by atoms with E-state index in [9.17, 15) is 36.0 Å². The van der Waals surface area contributed by atoms with Gasteiger partial charge in [-0.25, -0.2) is 8.42 Å². The molecule has 3 atom stereocenters. The normalized spacial score (nSPS) is 24.9. The van der Waals surface area contributed by atoms with Crippen LogP contribution in [0.4, 0.5) is 13.2 Å². The van der Waals surface area contributed by atoms with Crippen LogP contribution >= 0.6 is 0 Å². The third kappa shape index (κ3) is 4.24. The van der Waals surface area contributed by atoms with Crippen LogP contribution in [0.3, 0.4) is 0 Å². The number of allylic oxidation sites excluding steroid dienone is 2. The fourth-order valence-electron chi connectivity index (χ4n) is 4.70. The number of amides is 3. The molecule has 1 aromatic carbocycles. The topological polar surface area (TPSA) is 95.1 Å². The lowest BCUT2D eigenvalue weighted by atomic mass is 9.85. The van der Waals surface area contributed by atoms with E-state index < -0.39 is 45.5 Å². The number of rotatable bonds is 4. The molecule has 2 unspecified atom stereocenters. The lowest BCUT2D eigenvalue weighted by Crippen LogP contribution is -2.56. The first-order valence-electron chi connectivity index (χ1n) is 10.9. The number of halogens is 3. The van der Waals surface area contributed by atoms with E-state index in [1.807, 2.05) is 12.2 Å². The van der Waals surface area contributed by atoms with Gasteiger partial charge in [0.25, 0.3) is 0 Å². The average molecular weight is 500 g/mol. The molecular weight excluding hydrogens is 475 g/mol. The Hall–Kier alpha value is -2.73. The summed E-state index contributed by atoms with van der Waals surface area (Å²) < 4.78 is 65.0. The smallest absolute Gasteiger partial charge is 0.338 e. The van der Waals surface area contributed by atoms with Gasteiger partial charge in [-0.1, -0.05) is 12.2 Å².